The topological polar surface area (TPSA) is 54.1 Å². The number of fused-ring (bicyclic) bond motifs is 3. The van der Waals surface area contributed by atoms with Gasteiger partial charge in [-0.2, -0.15) is 0 Å². The molecule has 1 aromatic heterocycles. The smallest absolute Gasteiger partial charge is 0.221 e. The first-order chi connectivity index (χ1) is 12.2. The number of para-hydroxylation sites is 2. The van der Waals surface area contributed by atoms with Gasteiger partial charge in [-0.1, -0.05) is 36.4 Å². The van der Waals surface area contributed by atoms with Crippen LogP contribution in [0.2, 0.25) is 0 Å². The molecular weight excluding hydrogens is 312 g/mol. The molecule has 2 N–H and O–H groups in total. The van der Waals surface area contributed by atoms with Crippen molar-refractivity contribution in [2.45, 2.75) is 6.92 Å². The lowest BCUT2D eigenvalue weighted by molar-refractivity contribution is -0.114. The number of H-pyrrole nitrogens is 1. The third-order valence-corrected chi connectivity index (χ3v) is 4.37. The molecule has 1 heterocycles. The number of carbonyl (C=O) groups is 1. The summed E-state index contributed by atoms with van der Waals surface area (Å²) < 4.78 is 5.36. The van der Waals surface area contributed by atoms with Gasteiger partial charge in [0, 0.05) is 40.0 Å². The van der Waals surface area contributed by atoms with Crippen molar-refractivity contribution in [3.63, 3.8) is 0 Å². The zero-order valence-electron chi connectivity index (χ0n) is 14.1. The Kier molecular flexibility index (Phi) is 3.65. The van der Waals surface area contributed by atoms with Gasteiger partial charge in [0.25, 0.3) is 0 Å². The molecular formula is C21H18N2O2. The maximum absolute atomic E-state index is 11.5. The molecule has 4 aromatic rings. The molecule has 25 heavy (non-hydrogen) atoms. The second kappa shape index (κ2) is 5.98. The molecule has 0 atom stereocenters. The average Bonchev–Trinajstić information content (AvgIpc) is 2.99. The summed E-state index contributed by atoms with van der Waals surface area (Å²) >= 11 is 0. The quantitative estimate of drug-likeness (QED) is 0.558. The Hall–Kier alpha value is -3.27. The summed E-state index contributed by atoms with van der Waals surface area (Å²) in [4.78, 5) is 15.0. The third-order valence-electron chi connectivity index (χ3n) is 4.37. The van der Waals surface area contributed by atoms with E-state index in [1.807, 2.05) is 48.5 Å². The van der Waals surface area contributed by atoms with E-state index in [1.165, 1.54) is 6.92 Å². The Morgan fingerprint density at radius 3 is 2.56 bits per heavy atom. The summed E-state index contributed by atoms with van der Waals surface area (Å²) in [6.45, 7) is 1.52. The van der Waals surface area contributed by atoms with Gasteiger partial charge in [-0.05, 0) is 24.3 Å². The van der Waals surface area contributed by atoms with E-state index >= 15 is 0 Å². The van der Waals surface area contributed by atoms with Crippen molar-refractivity contribution >= 4 is 33.4 Å². The lowest BCUT2D eigenvalue weighted by Crippen LogP contribution is -2.06. The highest BCUT2D eigenvalue weighted by atomic mass is 16.5. The van der Waals surface area contributed by atoms with E-state index in [0.717, 1.165) is 44.4 Å². The first-order valence-corrected chi connectivity index (χ1v) is 8.13. The molecule has 0 aliphatic heterocycles. The highest BCUT2D eigenvalue weighted by Gasteiger charge is 2.13. The second-order valence-corrected chi connectivity index (χ2v) is 5.99. The third kappa shape index (κ3) is 2.62. The van der Waals surface area contributed by atoms with Crippen LogP contribution < -0.4 is 10.1 Å². The molecule has 1 amide bonds. The van der Waals surface area contributed by atoms with Crippen LogP contribution in [-0.2, 0) is 4.79 Å². The lowest BCUT2D eigenvalue weighted by Gasteiger charge is -2.11. The number of amides is 1. The van der Waals surface area contributed by atoms with Crippen molar-refractivity contribution in [2.24, 2.45) is 0 Å². The van der Waals surface area contributed by atoms with Crippen molar-refractivity contribution in [1.29, 1.82) is 0 Å². The predicted molar refractivity (Wildman–Crippen MR) is 102 cm³/mol. The number of carbonyl (C=O) groups excluding carboxylic acids is 1. The van der Waals surface area contributed by atoms with Gasteiger partial charge in [0.05, 0.1) is 12.6 Å². The molecule has 0 aliphatic rings. The molecule has 0 saturated heterocycles. The molecule has 0 aliphatic carbocycles. The number of aromatic nitrogens is 1. The number of hydrogen-bond donors (Lipinski definition) is 2. The number of rotatable bonds is 3. The van der Waals surface area contributed by atoms with Gasteiger partial charge in [-0.15, -0.1) is 0 Å². The Morgan fingerprint density at radius 1 is 0.960 bits per heavy atom. The van der Waals surface area contributed by atoms with Gasteiger partial charge in [0.1, 0.15) is 5.75 Å². The van der Waals surface area contributed by atoms with E-state index in [1.54, 1.807) is 7.11 Å². The van der Waals surface area contributed by atoms with Gasteiger partial charge in [-0.3, -0.25) is 4.79 Å². The van der Waals surface area contributed by atoms with Crippen molar-refractivity contribution in [3.05, 3.63) is 60.7 Å². The normalized spacial score (nSPS) is 11.0. The Bertz CT molecular complexity index is 1100. The minimum atomic E-state index is -0.0824. The summed E-state index contributed by atoms with van der Waals surface area (Å²) in [5.41, 5.74) is 4.95. The van der Waals surface area contributed by atoms with Gasteiger partial charge in [-0.25, -0.2) is 0 Å². The number of benzene rings is 3. The van der Waals surface area contributed by atoms with E-state index in [9.17, 15) is 4.79 Å². The summed E-state index contributed by atoms with van der Waals surface area (Å²) in [5, 5.41) is 5.16. The van der Waals surface area contributed by atoms with E-state index in [2.05, 4.69) is 22.4 Å². The number of aromatic amines is 1. The van der Waals surface area contributed by atoms with Gasteiger partial charge >= 0.3 is 0 Å². The van der Waals surface area contributed by atoms with E-state index in [-0.39, 0.29) is 5.91 Å². The lowest BCUT2D eigenvalue weighted by atomic mass is 10.0. The summed E-state index contributed by atoms with van der Waals surface area (Å²) in [7, 11) is 1.67. The zero-order chi connectivity index (χ0) is 17.4. The highest BCUT2D eigenvalue weighted by Crippen LogP contribution is 2.37. The molecule has 4 rings (SSSR count). The molecule has 0 bridgehead atoms. The summed E-state index contributed by atoms with van der Waals surface area (Å²) in [5.74, 6) is 0.749. The molecule has 4 nitrogen and oxygen atoms in total. The monoisotopic (exact) mass is 330 g/mol. The first kappa shape index (κ1) is 15.3. The van der Waals surface area contributed by atoms with Gasteiger partial charge < -0.3 is 15.0 Å². The van der Waals surface area contributed by atoms with Gasteiger partial charge in [0.15, 0.2) is 0 Å². The van der Waals surface area contributed by atoms with Crippen molar-refractivity contribution in [2.75, 3.05) is 12.4 Å². The van der Waals surface area contributed by atoms with Crippen LogP contribution in [0.5, 0.6) is 5.75 Å². The number of ether oxygens (including phenoxy) is 1. The summed E-state index contributed by atoms with van der Waals surface area (Å²) in [6, 6.07) is 20.0. The first-order valence-electron chi connectivity index (χ1n) is 8.13. The Balaban J connectivity index is 1.99. The highest BCUT2D eigenvalue weighted by molar-refractivity contribution is 6.13. The minimum Gasteiger partial charge on any atom is -0.497 e. The predicted octanol–water partition coefficient (Wildman–Crippen LogP) is 4.96. The fourth-order valence-electron chi connectivity index (χ4n) is 3.27. The molecule has 0 radical (unpaired) electrons. The van der Waals surface area contributed by atoms with E-state index in [0.29, 0.717) is 0 Å². The molecule has 4 heteroatoms. The second-order valence-electron chi connectivity index (χ2n) is 5.99. The van der Waals surface area contributed by atoms with Crippen molar-refractivity contribution in [3.8, 4) is 16.9 Å². The molecule has 0 unspecified atom stereocenters. The molecule has 3 aromatic carbocycles. The number of nitrogens with one attached hydrogen (secondary N) is 2. The van der Waals surface area contributed by atoms with Crippen LogP contribution in [0.1, 0.15) is 6.92 Å². The Morgan fingerprint density at radius 2 is 1.76 bits per heavy atom. The van der Waals surface area contributed by atoms with Crippen LogP contribution in [0.3, 0.4) is 0 Å². The zero-order valence-corrected chi connectivity index (χ0v) is 14.1. The largest absolute Gasteiger partial charge is 0.497 e. The van der Waals surface area contributed by atoms with Crippen LogP contribution in [0.15, 0.2) is 60.7 Å². The van der Waals surface area contributed by atoms with Crippen LogP contribution in [0.4, 0.5) is 5.69 Å². The maximum Gasteiger partial charge on any atom is 0.221 e. The van der Waals surface area contributed by atoms with Crippen LogP contribution in [0, 0.1) is 0 Å². The van der Waals surface area contributed by atoms with Crippen molar-refractivity contribution < 1.29 is 9.53 Å². The summed E-state index contributed by atoms with van der Waals surface area (Å²) in [6.07, 6.45) is 0. The van der Waals surface area contributed by atoms with E-state index < -0.39 is 0 Å². The van der Waals surface area contributed by atoms with Crippen LogP contribution in [-0.4, -0.2) is 18.0 Å². The number of hydrogen-bond acceptors (Lipinski definition) is 2. The number of methoxy groups -OCH3 is 1. The van der Waals surface area contributed by atoms with Crippen LogP contribution in [0.25, 0.3) is 32.9 Å². The standard InChI is InChI=1S/C21H18N2O2/c1-13(24)22-19-9-4-3-6-15(19)16-7-5-8-17-18-12-14(25-2)10-11-20(18)23-21(16)17/h3-12,23H,1-2H3,(H,22,24). The minimum absolute atomic E-state index is 0.0824. The van der Waals surface area contributed by atoms with Crippen LogP contribution >= 0.6 is 0 Å². The SMILES string of the molecule is COc1ccc2[nH]c3c(-c4ccccc4NC(C)=O)cccc3c2c1. The fraction of sp³-hybridized carbons (Fsp3) is 0.0952. The number of anilines is 1. The Labute approximate surface area is 145 Å². The molecule has 0 saturated carbocycles. The maximum atomic E-state index is 11.5. The molecule has 0 fully saturated rings. The molecule has 0 spiro atoms. The van der Waals surface area contributed by atoms with Gasteiger partial charge in [0.2, 0.25) is 5.91 Å². The molecule has 124 valence electrons. The average molecular weight is 330 g/mol. The fourth-order valence-corrected chi connectivity index (χ4v) is 3.27. The van der Waals surface area contributed by atoms with E-state index in [4.69, 9.17) is 4.74 Å². The van der Waals surface area contributed by atoms with Crippen molar-refractivity contribution in [1.82, 2.24) is 4.98 Å².